The van der Waals surface area contributed by atoms with Crippen molar-refractivity contribution < 1.29 is 14.3 Å². The number of anilines is 2. The molecule has 1 amide bonds. The van der Waals surface area contributed by atoms with Crippen molar-refractivity contribution in [2.24, 2.45) is 5.92 Å². The van der Waals surface area contributed by atoms with E-state index in [1.54, 1.807) is 18.2 Å². The van der Waals surface area contributed by atoms with Crippen LogP contribution in [0.2, 0.25) is 0 Å². The zero-order valence-electron chi connectivity index (χ0n) is 12.0. The quantitative estimate of drug-likeness (QED) is 0.538. The number of esters is 1. The standard InChI is InChI=1S/C14H21N3O3/c1-9(2)7-17-13(18)8-16-10-4-5-12(15)11(6-10)14(19)20-3/h4-6,9,16H,7-8,15H2,1-3H3,(H,17,18). The summed E-state index contributed by atoms with van der Waals surface area (Å²) in [5, 5.41) is 5.73. The first kappa shape index (κ1) is 15.8. The van der Waals surface area contributed by atoms with Gasteiger partial charge in [-0.25, -0.2) is 4.79 Å². The molecule has 0 atom stereocenters. The lowest BCUT2D eigenvalue weighted by Gasteiger charge is -2.11. The minimum atomic E-state index is -0.504. The molecule has 0 aliphatic heterocycles. The number of nitrogen functional groups attached to an aromatic ring is 1. The van der Waals surface area contributed by atoms with Crippen LogP contribution in [-0.2, 0) is 9.53 Å². The smallest absolute Gasteiger partial charge is 0.340 e. The van der Waals surface area contributed by atoms with Crippen LogP contribution in [0.5, 0.6) is 0 Å². The summed E-state index contributed by atoms with van der Waals surface area (Å²) >= 11 is 0. The number of carbonyl (C=O) groups excluding carboxylic acids is 2. The summed E-state index contributed by atoms with van der Waals surface area (Å²) < 4.78 is 4.64. The molecule has 0 heterocycles. The Morgan fingerprint density at radius 3 is 2.65 bits per heavy atom. The molecule has 0 aliphatic carbocycles. The topological polar surface area (TPSA) is 93.4 Å². The normalized spacial score (nSPS) is 10.2. The second-order valence-electron chi connectivity index (χ2n) is 4.85. The Bertz CT molecular complexity index is 487. The largest absolute Gasteiger partial charge is 0.465 e. The predicted octanol–water partition coefficient (Wildman–Crippen LogP) is 1.24. The van der Waals surface area contributed by atoms with Crippen LogP contribution in [0, 0.1) is 5.92 Å². The highest BCUT2D eigenvalue weighted by Gasteiger charge is 2.11. The summed E-state index contributed by atoms with van der Waals surface area (Å²) in [5.41, 5.74) is 6.95. The highest BCUT2D eigenvalue weighted by atomic mass is 16.5. The Kier molecular flexibility index (Phi) is 5.83. The molecule has 110 valence electrons. The van der Waals surface area contributed by atoms with E-state index in [1.165, 1.54) is 7.11 Å². The lowest BCUT2D eigenvalue weighted by Crippen LogP contribution is -2.32. The van der Waals surface area contributed by atoms with Gasteiger partial charge >= 0.3 is 5.97 Å². The van der Waals surface area contributed by atoms with Crippen LogP contribution in [0.3, 0.4) is 0 Å². The SMILES string of the molecule is COC(=O)c1cc(NCC(=O)NCC(C)C)ccc1N. The lowest BCUT2D eigenvalue weighted by atomic mass is 10.1. The highest BCUT2D eigenvalue weighted by molar-refractivity contribution is 5.96. The van der Waals surface area contributed by atoms with Crippen molar-refractivity contribution in [1.29, 1.82) is 0 Å². The molecule has 0 aliphatic rings. The van der Waals surface area contributed by atoms with Crippen LogP contribution in [0.4, 0.5) is 11.4 Å². The van der Waals surface area contributed by atoms with E-state index >= 15 is 0 Å². The fraction of sp³-hybridized carbons (Fsp3) is 0.429. The van der Waals surface area contributed by atoms with Gasteiger partial charge in [-0.05, 0) is 24.1 Å². The van der Waals surface area contributed by atoms with Crippen molar-refractivity contribution in [3.8, 4) is 0 Å². The molecular weight excluding hydrogens is 258 g/mol. The van der Waals surface area contributed by atoms with Crippen molar-refractivity contribution in [2.75, 3.05) is 31.2 Å². The van der Waals surface area contributed by atoms with Crippen LogP contribution in [0.15, 0.2) is 18.2 Å². The second kappa shape index (κ2) is 7.37. The first-order chi connectivity index (χ1) is 9.43. The van der Waals surface area contributed by atoms with Gasteiger partial charge in [-0.3, -0.25) is 4.79 Å². The number of ether oxygens (including phenoxy) is 1. The second-order valence-corrected chi connectivity index (χ2v) is 4.85. The number of hydrogen-bond acceptors (Lipinski definition) is 5. The van der Waals surface area contributed by atoms with Crippen LogP contribution >= 0.6 is 0 Å². The van der Waals surface area contributed by atoms with E-state index in [-0.39, 0.29) is 18.0 Å². The molecule has 1 aromatic rings. The van der Waals surface area contributed by atoms with Crippen molar-refractivity contribution in [3.63, 3.8) is 0 Å². The third kappa shape index (κ3) is 4.79. The molecule has 6 heteroatoms. The number of nitrogens with one attached hydrogen (secondary N) is 2. The molecule has 0 saturated heterocycles. The molecule has 0 fully saturated rings. The number of nitrogens with two attached hydrogens (primary N) is 1. The minimum absolute atomic E-state index is 0.102. The van der Waals surface area contributed by atoms with Gasteiger partial charge in [0.1, 0.15) is 0 Å². The van der Waals surface area contributed by atoms with E-state index in [1.807, 2.05) is 13.8 Å². The minimum Gasteiger partial charge on any atom is -0.465 e. The number of benzene rings is 1. The Labute approximate surface area is 118 Å². The molecular formula is C14H21N3O3. The van der Waals surface area contributed by atoms with Gasteiger partial charge in [0.2, 0.25) is 5.91 Å². The molecule has 0 aromatic heterocycles. The number of amides is 1. The summed E-state index contributed by atoms with van der Waals surface area (Å²) in [6, 6.07) is 4.87. The van der Waals surface area contributed by atoms with Crippen LogP contribution < -0.4 is 16.4 Å². The average molecular weight is 279 g/mol. The van der Waals surface area contributed by atoms with Crippen molar-refractivity contribution >= 4 is 23.3 Å². The van der Waals surface area contributed by atoms with Crippen molar-refractivity contribution in [2.45, 2.75) is 13.8 Å². The fourth-order valence-electron chi connectivity index (χ4n) is 1.52. The first-order valence-electron chi connectivity index (χ1n) is 6.42. The van der Waals surface area contributed by atoms with Crippen LogP contribution in [0.1, 0.15) is 24.2 Å². The maximum absolute atomic E-state index is 11.6. The van der Waals surface area contributed by atoms with E-state index < -0.39 is 5.97 Å². The fourth-order valence-corrected chi connectivity index (χ4v) is 1.52. The summed E-state index contributed by atoms with van der Waals surface area (Å²) in [6.45, 7) is 4.82. The average Bonchev–Trinajstić information content (AvgIpc) is 2.43. The van der Waals surface area contributed by atoms with Crippen LogP contribution in [-0.4, -0.2) is 32.1 Å². The number of rotatable bonds is 6. The molecule has 0 bridgehead atoms. The molecule has 0 saturated carbocycles. The Morgan fingerprint density at radius 1 is 1.35 bits per heavy atom. The molecule has 0 unspecified atom stereocenters. The molecule has 1 aromatic carbocycles. The van der Waals surface area contributed by atoms with E-state index in [4.69, 9.17) is 5.73 Å². The van der Waals surface area contributed by atoms with Gasteiger partial charge in [-0.15, -0.1) is 0 Å². The van der Waals surface area contributed by atoms with Gasteiger partial charge < -0.3 is 21.1 Å². The maximum Gasteiger partial charge on any atom is 0.340 e. The number of hydrogen-bond donors (Lipinski definition) is 3. The summed E-state index contributed by atoms with van der Waals surface area (Å²) in [7, 11) is 1.29. The van der Waals surface area contributed by atoms with Gasteiger partial charge in [-0.2, -0.15) is 0 Å². The van der Waals surface area contributed by atoms with Crippen molar-refractivity contribution in [1.82, 2.24) is 5.32 Å². The van der Waals surface area contributed by atoms with Gasteiger partial charge in [0.05, 0.1) is 19.2 Å². The van der Waals surface area contributed by atoms with Gasteiger partial charge in [0.15, 0.2) is 0 Å². The van der Waals surface area contributed by atoms with E-state index in [2.05, 4.69) is 15.4 Å². The first-order valence-corrected chi connectivity index (χ1v) is 6.42. The zero-order valence-corrected chi connectivity index (χ0v) is 12.0. The highest BCUT2D eigenvalue weighted by Crippen LogP contribution is 2.18. The maximum atomic E-state index is 11.6. The molecule has 0 spiro atoms. The molecule has 6 nitrogen and oxygen atoms in total. The number of methoxy groups -OCH3 is 1. The molecule has 0 radical (unpaired) electrons. The van der Waals surface area contributed by atoms with Crippen LogP contribution in [0.25, 0.3) is 0 Å². The lowest BCUT2D eigenvalue weighted by molar-refractivity contribution is -0.119. The Hall–Kier alpha value is -2.24. The summed E-state index contributed by atoms with van der Waals surface area (Å²) in [5.74, 6) is -0.202. The summed E-state index contributed by atoms with van der Waals surface area (Å²) in [6.07, 6.45) is 0. The Morgan fingerprint density at radius 2 is 2.05 bits per heavy atom. The van der Waals surface area contributed by atoms with Gasteiger partial charge in [-0.1, -0.05) is 13.8 Å². The Balaban J connectivity index is 2.60. The van der Waals surface area contributed by atoms with Gasteiger partial charge in [0, 0.05) is 17.9 Å². The van der Waals surface area contributed by atoms with Crippen molar-refractivity contribution in [3.05, 3.63) is 23.8 Å². The molecule has 1 rings (SSSR count). The number of carbonyl (C=O) groups is 2. The third-order valence-electron chi connectivity index (χ3n) is 2.62. The third-order valence-corrected chi connectivity index (χ3v) is 2.62. The zero-order chi connectivity index (χ0) is 15.1. The van der Waals surface area contributed by atoms with Gasteiger partial charge in [0.25, 0.3) is 0 Å². The van der Waals surface area contributed by atoms with E-state index in [0.29, 0.717) is 23.8 Å². The monoisotopic (exact) mass is 279 g/mol. The summed E-state index contributed by atoms with van der Waals surface area (Å²) in [4.78, 5) is 23.1. The molecule has 20 heavy (non-hydrogen) atoms. The predicted molar refractivity (Wildman–Crippen MR) is 78.5 cm³/mol. The van der Waals surface area contributed by atoms with E-state index in [0.717, 1.165) is 0 Å². The molecule has 4 N–H and O–H groups in total. The van der Waals surface area contributed by atoms with E-state index in [9.17, 15) is 9.59 Å².